The van der Waals surface area contributed by atoms with Crippen molar-refractivity contribution in [1.29, 1.82) is 0 Å². The van der Waals surface area contributed by atoms with Crippen molar-refractivity contribution in [2.75, 3.05) is 0 Å². The lowest BCUT2D eigenvalue weighted by Crippen LogP contribution is -1.96. The average molecular weight is 324 g/mol. The van der Waals surface area contributed by atoms with Crippen LogP contribution in [0, 0.1) is 0 Å². The number of rotatable bonds is 10. The van der Waals surface area contributed by atoms with Crippen LogP contribution in [0.2, 0.25) is 0 Å². The van der Waals surface area contributed by atoms with Crippen LogP contribution in [-0.4, -0.2) is 21.3 Å². The quantitative estimate of drug-likeness (QED) is 0.526. The Bertz CT molecular complexity index is 396. The first-order chi connectivity index (χ1) is 11.0. The number of hydrogen-bond acceptors (Lipinski definition) is 3. The highest BCUT2D eigenvalue weighted by atomic mass is 16.4. The molecule has 0 aliphatic rings. The number of phenols is 1. The van der Waals surface area contributed by atoms with Gasteiger partial charge in [-0.3, -0.25) is 4.79 Å². The number of aliphatic hydroxyl groups excluding tert-OH is 1. The van der Waals surface area contributed by atoms with Gasteiger partial charge in [0.15, 0.2) is 0 Å². The highest BCUT2D eigenvalue weighted by molar-refractivity contribution is 5.62. The Morgan fingerprint density at radius 3 is 1.87 bits per heavy atom. The largest absolute Gasteiger partial charge is 0.508 e. The molecule has 4 heteroatoms. The Balaban J connectivity index is 0.00000108. The molecule has 1 aromatic rings. The van der Waals surface area contributed by atoms with Gasteiger partial charge < -0.3 is 15.3 Å². The second-order valence-electron chi connectivity index (χ2n) is 5.89. The van der Waals surface area contributed by atoms with Gasteiger partial charge in [0.2, 0.25) is 0 Å². The third kappa shape index (κ3) is 13.8. The van der Waals surface area contributed by atoms with Crippen LogP contribution >= 0.6 is 0 Å². The summed E-state index contributed by atoms with van der Waals surface area (Å²) in [6.45, 7) is 3.32. The first kappa shape index (κ1) is 21.4. The molecule has 0 bridgehead atoms. The predicted molar refractivity (Wildman–Crippen MR) is 93.6 cm³/mol. The molecule has 23 heavy (non-hydrogen) atoms. The number of aliphatic hydroxyl groups is 1. The molecule has 4 nitrogen and oxygen atoms in total. The summed E-state index contributed by atoms with van der Waals surface area (Å²) in [5, 5.41) is 26.6. The molecular weight excluding hydrogens is 292 g/mol. The molecule has 0 aliphatic carbocycles. The van der Waals surface area contributed by atoms with Crippen LogP contribution in [0.5, 0.6) is 5.75 Å². The number of carbonyl (C=O) groups is 1. The van der Waals surface area contributed by atoms with Gasteiger partial charge in [0.05, 0.1) is 6.10 Å². The third-order valence-corrected chi connectivity index (χ3v) is 3.61. The first-order valence-electron chi connectivity index (χ1n) is 8.63. The average Bonchev–Trinajstić information content (AvgIpc) is 2.50. The van der Waals surface area contributed by atoms with Gasteiger partial charge in [-0.1, -0.05) is 70.4 Å². The van der Waals surface area contributed by atoms with Gasteiger partial charge in [0, 0.05) is 6.92 Å². The van der Waals surface area contributed by atoms with Crippen molar-refractivity contribution in [1.82, 2.24) is 0 Å². The maximum Gasteiger partial charge on any atom is 0.300 e. The Morgan fingerprint density at radius 1 is 0.957 bits per heavy atom. The molecule has 0 saturated heterocycles. The fourth-order valence-electron chi connectivity index (χ4n) is 2.33. The summed E-state index contributed by atoms with van der Waals surface area (Å²) in [6.07, 6.45) is 10.7. The molecule has 0 spiro atoms. The highest BCUT2D eigenvalue weighted by Gasteiger charge is 2.06. The molecular formula is C19H32O4. The van der Waals surface area contributed by atoms with E-state index in [1.165, 1.54) is 44.9 Å². The molecule has 1 aromatic carbocycles. The zero-order valence-corrected chi connectivity index (χ0v) is 14.5. The van der Waals surface area contributed by atoms with Crippen LogP contribution in [-0.2, 0) is 4.79 Å². The van der Waals surface area contributed by atoms with E-state index >= 15 is 0 Å². The van der Waals surface area contributed by atoms with Crippen LogP contribution < -0.4 is 0 Å². The van der Waals surface area contributed by atoms with Crippen molar-refractivity contribution in [3.05, 3.63) is 29.8 Å². The van der Waals surface area contributed by atoms with Gasteiger partial charge in [-0.15, -0.1) is 0 Å². The van der Waals surface area contributed by atoms with Crippen molar-refractivity contribution in [3.8, 4) is 5.75 Å². The number of hydrogen-bond donors (Lipinski definition) is 3. The molecule has 0 amide bonds. The molecule has 1 unspecified atom stereocenters. The van der Waals surface area contributed by atoms with Gasteiger partial charge in [-0.2, -0.15) is 0 Å². The summed E-state index contributed by atoms with van der Waals surface area (Å²) >= 11 is 0. The van der Waals surface area contributed by atoms with E-state index < -0.39 is 5.97 Å². The number of aliphatic carboxylic acids is 1. The van der Waals surface area contributed by atoms with Crippen LogP contribution in [0.3, 0.4) is 0 Å². The van der Waals surface area contributed by atoms with Crippen molar-refractivity contribution < 1.29 is 20.1 Å². The van der Waals surface area contributed by atoms with E-state index in [0.29, 0.717) is 0 Å². The van der Waals surface area contributed by atoms with E-state index in [1.54, 1.807) is 24.3 Å². The summed E-state index contributed by atoms with van der Waals surface area (Å²) in [4.78, 5) is 9.00. The van der Waals surface area contributed by atoms with Gasteiger partial charge in [-0.05, 0) is 24.1 Å². The molecule has 132 valence electrons. The lowest BCUT2D eigenvalue weighted by molar-refractivity contribution is -0.134. The standard InChI is InChI=1S/C17H28O2.C2H4O2/c1-2-3-4-5-6-7-8-9-10-17(19)15-11-13-16(18)14-12-15;1-2(3)4/h11-14,17-19H,2-10H2,1H3;1H3,(H,3,4). The van der Waals surface area contributed by atoms with E-state index in [-0.39, 0.29) is 11.9 Å². The molecule has 1 atom stereocenters. The summed E-state index contributed by atoms with van der Waals surface area (Å²) in [5.74, 6) is -0.581. The molecule has 0 aromatic heterocycles. The molecule has 0 fully saturated rings. The number of aromatic hydroxyl groups is 1. The molecule has 0 heterocycles. The monoisotopic (exact) mass is 324 g/mol. The fraction of sp³-hybridized carbons (Fsp3) is 0.632. The molecule has 0 aliphatic heterocycles. The second-order valence-corrected chi connectivity index (χ2v) is 5.89. The topological polar surface area (TPSA) is 77.8 Å². The van der Waals surface area contributed by atoms with Crippen LogP contribution in [0.1, 0.15) is 83.3 Å². The van der Waals surface area contributed by atoms with E-state index in [1.807, 2.05) is 0 Å². The van der Waals surface area contributed by atoms with E-state index in [2.05, 4.69) is 6.92 Å². The van der Waals surface area contributed by atoms with E-state index in [0.717, 1.165) is 25.3 Å². The summed E-state index contributed by atoms with van der Waals surface area (Å²) in [7, 11) is 0. The van der Waals surface area contributed by atoms with Gasteiger partial charge in [0.1, 0.15) is 5.75 Å². The maximum atomic E-state index is 10.0. The minimum absolute atomic E-state index is 0.253. The molecule has 0 saturated carbocycles. The van der Waals surface area contributed by atoms with Crippen LogP contribution in [0.15, 0.2) is 24.3 Å². The van der Waals surface area contributed by atoms with Crippen molar-refractivity contribution >= 4 is 5.97 Å². The zero-order chi connectivity index (χ0) is 17.5. The Morgan fingerprint density at radius 2 is 1.39 bits per heavy atom. The van der Waals surface area contributed by atoms with E-state index in [4.69, 9.17) is 9.90 Å². The number of carboxylic acids is 1. The lowest BCUT2D eigenvalue weighted by atomic mass is 10.0. The van der Waals surface area contributed by atoms with Crippen molar-refractivity contribution in [2.24, 2.45) is 0 Å². The summed E-state index contributed by atoms with van der Waals surface area (Å²) < 4.78 is 0. The van der Waals surface area contributed by atoms with Gasteiger partial charge in [0.25, 0.3) is 5.97 Å². The summed E-state index contributed by atoms with van der Waals surface area (Å²) in [5.41, 5.74) is 0.903. The predicted octanol–water partition coefficient (Wildman–Crippen LogP) is 5.05. The van der Waals surface area contributed by atoms with Gasteiger partial charge in [-0.25, -0.2) is 0 Å². The number of benzene rings is 1. The fourth-order valence-corrected chi connectivity index (χ4v) is 2.33. The van der Waals surface area contributed by atoms with Crippen LogP contribution in [0.25, 0.3) is 0 Å². The summed E-state index contributed by atoms with van der Waals surface area (Å²) in [6, 6.07) is 6.86. The zero-order valence-electron chi connectivity index (χ0n) is 14.5. The third-order valence-electron chi connectivity index (χ3n) is 3.61. The Hall–Kier alpha value is -1.55. The number of phenolic OH excluding ortho intramolecular Hbond substituents is 1. The van der Waals surface area contributed by atoms with Crippen molar-refractivity contribution in [2.45, 2.75) is 77.7 Å². The minimum Gasteiger partial charge on any atom is -0.508 e. The second kappa shape index (κ2) is 14.1. The SMILES string of the molecule is CC(=O)O.CCCCCCCCCCC(O)c1ccc(O)cc1. The maximum absolute atomic E-state index is 10.0. The molecule has 0 radical (unpaired) electrons. The Labute approximate surface area is 140 Å². The number of unbranched alkanes of at least 4 members (excludes halogenated alkanes) is 7. The highest BCUT2D eigenvalue weighted by Crippen LogP contribution is 2.22. The smallest absolute Gasteiger partial charge is 0.300 e. The van der Waals surface area contributed by atoms with Gasteiger partial charge >= 0.3 is 0 Å². The molecule has 1 rings (SSSR count). The molecule has 3 N–H and O–H groups in total. The van der Waals surface area contributed by atoms with E-state index in [9.17, 15) is 10.2 Å². The lowest BCUT2D eigenvalue weighted by Gasteiger charge is -2.10. The number of carboxylic acid groups (broad SMARTS) is 1. The van der Waals surface area contributed by atoms with Crippen LogP contribution in [0.4, 0.5) is 0 Å². The van der Waals surface area contributed by atoms with Crippen molar-refractivity contribution in [3.63, 3.8) is 0 Å². The normalized spacial score (nSPS) is 11.4. The Kier molecular flexibility index (Phi) is 13.1. The minimum atomic E-state index is -0.833. The first-order valence-corrected chi connectivity index (χ1v) is 8.63.